The number of hydrogen-bond acceptors (Lipinski definition) is 6. The first-order chi connectivity index (χ1) is 10.6. The summed E-state index contributed by atoms with van der Waals surface area (Å²) in [5, 5.41) is 4.91. The molecule has 0 aromatic rings. The van der Waals surface area contributed by atoms with Crippen LogP contribution in [0.1, 0.15) is 55.4 Å². The van der Waals surface area contributed by atoms with E-state index in [2.05, 4.69) is 10.6 Å². The van der Waals surface area contributed by atoms with E-state index in [1.165, 1.54) is 13.8 Å². The molecule has 2 amide bonds. The van der Waals surface area contributed by atoms with E-state index in [9.17, 15) is 14.4 Å². The highest BCUT2D eigenvalue weighted by molar-refractivity contribution is 5.85. The summed E-state index contributed by atoms with van der Waals surface area (Å²) in [4.78, 5) is 35.2. The van der Waals surface area contributed by atoms with Crippen LogP contribution in [0, 0.1) is 0 Å². The van der Waals surface area contributed by atoms with Crippen LogP contribution in [0.2, 0.25) is 0 Å². The SMILES string of the molecule is CC(C)(C)OC(=O)NCCOC(=O)C(C)(C)NC(=O)OC(C)(C)C. The van der Waals surface area contributed by atoms with Gasteiger partial charge in [-0.25, -0.2) is 14.4 Å². The Morgan fingerprint density at radius 2 is 1.25 bits per heavy atom. The number of carbonyl (C=O) groups excluding carboxylic acids is 3. The average Bonchev–Trinajstić information content (AvgIpc) is 2.28. The Labute approximate surface area is 143 Å². The third-order valence-electron chi connectivity index (χ3n) is 2.33. The molecule has 0 bridgehead atoms. The van der Waals surface area contributed by atoms with Crippen molar-refractivity contribution in [2.24, 2.45) is 0 Å². The molecule has 0 radical (unpaired) electrons. The molecule has 8 nitrogen and oxygen atoms in total. The van der Waals surface area contributed by atoms with Gasteiger partial charge in [-0.15, -0.1) is 0 Å². The summed E-state index contributed by atoms with van der Waals surface area (Å²) in [5.41, 5.74) is -2.52. The minimum Gasteiger partial charge on any atom is -0.462 e. The Balaban J connectivity index is 4.22. The quantitative estimate of drug-likeness (QED) is 0.450. The van der Waals surface area contributed by atoms with Crippen LogP contribution in [0.3, 0.4) is 0 Å². The number of nitrogens with one attached hydrogen (secondary N) is 2. The molecule has 0 aliphatic carbocycles. The predicted molar refractivity (Wildman–Crippen MR) is 88.6 cm³/mol. The zero-order valence-corrected chi connectivity index (χ0v) is 15.9. The average molecular weight is 346 g/mol. The lowest BCUT2D eigenvalue weighted by Gasteiger charge is -2.27. The van der Waals surface area contributed by atoms with Gasteiger partial charge in [0, 0.05) is 0 Å². The zero-order valence-electron chi connectivity index (χ0n) is 15.9. The standard InChI is InChI=1S/C16H30N2O6/c1-14(2,3)23-12(20)17-9-10-22-11(19)16(7,8)18-13(21)24-15(4,5)6/h9-10H2,1-8H3,(H,17,20)(H,18,21). The first-order valence-corrected chi connectivity index (χ1v) is 7.78. The molecule has 24 heavy (non-hydrogen) atoms. The second-order valence-corrected chi connectivity index (χ2v) is 7.82. The summed E-state index contributed by atoms with van der Waals surface area (Å²) in [6.45, 7) is 13.5. The van der Waals surface area contributed by atoms with Crippen molar-refractivity contribution in [1.29, 1.82) is 0 Å². The Bertz CT molecular complexity index is 460. The molecule has 140 valence electrons. The summed E-state index contributed by atoms with van der Waals surface area (Å²) in [7, 11) is 0. The van der Waals surface area contributed by atoms with Gasteiger partial charge in [-0.05, 0) is 55.4 Å². The molecular weight excluding hydrogens is 316 g/mol. The van der Waals surface area contributed by atoms with Gasteiger partial charge in [0.2, 0.25) is 0 Å². The van der Waals surface area contributed by atoms with Crippen LogP contribution in [0.15, 0.2) is 0 Å². The van der Waals surface area contributed by atoms with Gasteiger partial charge in [-0.3, -0.25) is 0 Å². The van der Waals surface area contributed by atoms with Crippen molar-refractivity contribution in [2.45, 2.75) is 72.1 Å². The van der Waals surface area contributed by atoms with Gasteiger partial charge in [0.25, 0.3) is 0 Å². The van der Waals surface area contributed by atoms with Gasteiger partial charge in [0.15, 0.2) is 0 Å². The van der Waals surface area contributed by atoms with Gasteiger partial charge in [-0.2, -0.15) is 0 Å². The molecule has 0 spiro atoms. The topological polar surface area (TPSA) is 103 Å². The van der Waals surface area contributed by atoms with Gasteiger partial charge in [0.1, 0.15) is 23.3 Å². The predicted octanol–water partition coefficient (Wildman–Crippen LogP) is 2.36. The lowest BCUT2D eigenvalue weighted by atomic mass is 10.1. The lowest BCUT2D eigenvalue weighted by molar-refractivity contribution is -0.150. The van der Waals surface area contributed by atoms with E-state index in [0.29, 0.717) is 0 Å². The maximum absolute atomic E-state index is 12.0. The Morgan fingerprint density at radius 1 is 0.792 bits per heavy atom. The number of amides is 2. The Morgan fingerprint density at radius 3 is 1.71 bits per heavy atom. The van der Waals surface area contributed by atoms with E-state index in [4.69, 9.17) is 14.2 Å². The van der Waals surface area contributed by atoms with Crippen molar-refractivity contribution in [1.82, 2.24) is 10.6 Å². The summed E-state index contributed by atoms with van der Waals surface area (Å²) in [5.74, 6) is -0.639. The molecule has 0 saturated carbocycles. The maximum Gasteiger partial charge on any atom is 0.408 e. The van der Waals surface area contributed by atoms with E-state index in [1.807, 2.05) is 0 Å². The monoisotopic (exact) mass is 346 g/mol. The smallest absolute Gasteiger partial charge is 0.408 e. The molecule has 0 unspecified atom stereocenters. The van der Waals surface area contributed by atoms with Crippen molar-refractivity contribution in [3.8, 4) is 0 Å². The van der Waals surface area contributed by atoms with E-state index < -0.39 is 34.9 Å². The highest BCUT2D eigenvalue weighted by atomic mass is 16.6. The lowest BCUT2D eigenvalue weighted by Crippen LogP contribution is -2.52. The second kappa shape index (κ2) is 8.21. The molecule has 0 aliphatic rings. The van der Waals surface area contributed by atoms with Crippen molar-refractivity contribution in [2.75, 3.05) is 13.2 Å². The minimum absolute atomic E-state index is 0.0441. The number of esters is 1. The van der Waals surface area contributed by atoms with Gasteiger partial charge >= 0.3 is 18.2 Å². The van der Waals surface area contributed by atoms with Crippen molar-refractivity contribution >= 4 is 18.2 Å². The largest absolute Gasteiger partial charge is 0.462 e. The second-order valence-electron chi connectivity index (χ2n) is 7.82. The van der Waals surface area contributed by atoms with Crippen molar-refractivity contribution in [3.05, 3.63) is 0 Å². The van der Waals surface area contributed by atoms with Crippen LogP contribution in [-0.2, 0) is 19.0 Å². The summed E-state index contributed by atoms with van der Waals surface area (Å²) in [6.07, 6.45) is -1.30. The van der Waals surface area contributed by atoms with Gasteiger partial charge in [0.05, 0.1) is 6.54 Å². The fourth-order valence-electron chi connectivity index (χ4n) is 1.40. The maximum atomic E-state index is 12.0. The highest BCUT2D eigenvalue weighted by Gasteiger charge is 2.33. The summed E-state index contributed by atoms with van der Waals surface area (Å²) < 4.78 is 15.2. The van der Waals surface area contributed by atoms with E-state index in [-0.39, 0.29) is 13.2 Å². The number of alkyl carbamates (subject to hydrolysis) is 2. The minimum atomic E-state index is -1.26. The first-order valence-electron chi connectivity index (χ1n) is 7.78. The Hall–Kier alpha value is -1.99. The van der Waals surface area contributed by atoms with E-state index in [0.717, 1.165) is 0 Å². The van der Waals surface area contributed by atoms with Crippen LogP contribution in [0.5, 0.6) is 0 Å². The molecule has 0 heterocycles. The fourth-order valence-corrected chi connectivity index (χ4v) is 1.40. The number of hydrogen-bond donors (Lipinski definition) is 2. The van der Waals surface area contributed by atoms with Crippen LogP contribution in [0.25, 0.3) is 0 Å². The Kier molecular flexibility index (Phi) is 7.53. The van der Waals surface area contributed by atoms with Crippen LogP contribution >= 0.6 is 0 Å². The van der Waals surface area contributed by atoms with Crippen LogP contribution in [-0.4, -0.2) is 48.0 Å². The van der Waals surface area contributed by atoms with Crippen molar-refractivity contribution in [3.63, 3.8) is 0 Å². The normalized spacial score (nSPS) is 12.2. The molecule has 0 aromatic carbocycles. The number of ether oxygens (including phenoxy) is 3. The molecule has 0 aliphatic heterocycles. The molecule has 8 heteroatoms. The van der Waals surface area contributed by atoms with Crippen molar-refractivity contribution < 1.29 is 28.6 Å². The molecule has 0 fully saturated rings. The third-order valence-corrected chi connectivity index (χ3v) is 2.33. The van der Waals surface area contributed by atoms with E-state index >= 15 is 0 Å². The zero-order chi connectivity index (χ0) is 19.2. The van der Waals surface area contributed by atoms with Gasteiger partial charge in [-0.1, -0.05) is 0 Å². The van der Waals surface area contributed by atoms with Gasteiger partial charge < -0.3 is 24.8 Å². The molecule has 0 rings (SSSR count). The van der Waals surface area contributed by atoms with E-state index in [1.54, 1.807) is 41.5 Å². The third kappa shape index (κ3) is 10.7. The summed E-state index contributed by atoms with van der Waals surface area (Å²) in [6, 6.07) is 0. The number of rotatable bonds is 5. The van der Waals surface area contributed by atoms with Crippen LogP contribution < -0.4 is 10.6 Å². The molecule has 2 N–H and O–H groups in total. The highest BCUT2D eigenvalue weighted by Crippen LogP contribution is 2.11. The van der Waals surface area contributed by atoms with Crippen LogP contribution in [0.4, 0.5) is 9.59 Å². The number of carbonyl (C=O) groups is 3. The molecule has 0 aromatic heterocycles. The molecule has 0 atom stereocenters. The molecule has 0 saturated heterocycles. The fraction of sp³-hybridized carbons (Fsp3) is 0.812. The first kappa shape index (κ1) is 22.0. The molecular formula is C16H30N2O6. The summed E-state index contributed by atoms with van der Waals surface area (Å²) >= 11 is 0.